The van der Waals surface area contributed by atoms with Crippen molar-refractivity contribution in [2.24, 2.45) is 11.1 Å². The van der Waals surface area contributed by atoms with Crippen LogP contribution in [0.5, 0.6) is 0 Å². The highest BCUT2D eigenvalue weighted by molar-refractivity contribution is 5.93. The monoisotopic (exact) mass is 127 g/mol. The molecule has 0 aliphatic carbocycles. The van der Waals surface area contributed by atoms with Crippen LogP contribution in [-0.4, -0.2) is 5.78 Å². The number of allylic oxidation sites excluding steroid dienone is 1. The van der Waals surface area contributed by atoms with Crippen LogP contribution in [0.25, 0.3) is 0 Å². The van der Waals surface area contributed by atoms with E-state index < -0.39 is 0 Å². The van der Waals surface area contributed by atoms with Crippen molar-refractivity contribution in [2.45, 2.75) is 20.8 Å². The average molecular weight is 127 g/mol. The van der Waals surface area contributed by atoms with Gasteiger partial charge < -0.3 is 5.73 Å². The lowest BCUT2D eigenvalue weighted by Crippen LogP contribution is -2.17. The van der Waals surface area contributed by atoms with Crippen LogP contribution in [0.3, 0.4) is 0 Å². The molecule has 0 amide bonds. The topological polar surface area (TPSA) is 43.1 Å². The number of rotatable bonds is 1. The Morgan fingerprint density at radius 1 is 1.44 bits per heavy atom. The fourth-order valence-corrected chi connectivity index (χ4v) is 0.337. The standard InChI is InChI=1S/C7H13NO/c1-7(2,3)6(9)4-5-8/h4-5H,8H2,1-3H3. The minimum absolute atomic E-state index is 0.0602. The summed E-state index contributed by atoms with van der Waals surface area (Å²) in [5.74, 6) is 0.0602. The molecule has 0 rings (SSSR count). The molecule has 0 atom stereocenters. The number of carbonyl (C=O) groups excluding carboxylic acids is 1. The van der Waals surface area contributed by atoms with Crippen molar-refractivity contribution in [3.05, 3.63) is 12.3 Å². The van der Waals surface area contributed by atoms with Crippen LogP contribution in [0.15, 0.2) is 12.3 Å². The number of hydrogen-bond acceptors (Lipinski definition) is 2. The molecule has 0 fully saturated rings. The first-order valence-electron chi connectivity index (χ1n) is 2.91. The summed E-state index contributed by atoms with van der Waals surface area (Å²) in [6, 6.07) is 0. The number of nitrogens with two attached hydrogens (primary N) is 1. The summed E-state index contributed by atoms with van der Waals surface area (Å²) in [5, 5.41) is 0. The van der Waals surface area contributed by atoms with Gasteiger partial charge in [0.05, 0.1) is 0 Å². The molecule has 0 radical (unpaired) electrons. The van der Waals surface area contributed by atoms with E-state index in [1.807, 2.05) is 20.8 Å². The first kappa shape index (κ1) is 8.21. The lowest BCUT2D eigenvalue weighted by molar-refractivity contribution is -0.121. The highest BCUT2D eigenvalue weighted by atomic mass is 16.1. The molecular formula is C7H13NO. The van der Waals surface area contributed by atoms with E-state index in [1.165, 1.54) is 12.3 Å². The van der Waals surface area contributed by atoms with Crippen molar-refractivity contribution in [2.75, 3.05) is 0 Å². The third-order valence-electron chi connectivity index (χ3n) is 0.987. The smallest absolute Gasteiger partial charge is 0.162 e. The second-order valence-corrected chi connectivity index (χ2v) is 2.97. The molecule has 52 valence electrons. The van der Waals surface area contributed by atoms with Gasteiger partial charge in [-0.2, -0.15) is 0 Å². The van der Waals surface area contributed by atoms with Crippen LogP contribution < -0.4 is 5.73 Å². The van der Waals surface area contributed by atoms with E-state index in [1.54, 1.807) is 0 Å². The average Bonchev–Trinajstić information content (AvgIpc) is 1.64. The lowest BCUT2D eigenvalue weighted by Gasteiger charge is -2.12. The summed E-state index contributed by atoms with van der Waals surface area (Å²) < 4.78 is 0. The highest BCUT2D eigenvalue weighted by Crippen LogP contribution is 2.14. The van der Waals surface area contributed by atoms with Crippen molar-refractivity contribution in [1.29, 1.82) is 0 Å². The van der Waals surface area contributed by atoms with E-state index in [2.05, 4.69) is 0 Å². The normalized spacial score (nSPS) is 12.3. The number of ketones is 1. The zero-order valence-corrected chi connectivity index (χ0v) is 6.14. The van der Waals surface area contributed by atoms with Crippen LogP contribution >= 0.6 is 0 Å². The zero-order valence-electron chi connectivity index (χ0n) is 6.14. The van der Waals surface area contributed by atoms with Gasteiger partial charge in [0.2, 0.25) is 0 Å². The summed E-state index contributed by atoms with van der Waals surface area (Å²) in [5.41, 5.74) is 4.73. The maximum Gasteiger partial charge on any atom is 0.162 e. The molecule has 0 spiro atoms. The van der Waals surface area contributed by atoms with Crippen molar-refractivity contribution >= 4 is 5.78 Å². The summed E-state index contributed by atoms with van der Waals surface area (Å²) in [6.07, 6.45) is 2.66. The fourth-order valence-electron chi connectivity index (χ4n) is 0.337. The maximum absolute atomic E-state index is 10.9. The van der Waals surface area contributed by atoms with E-state index in [0.717, 1.165) is 0 Å². The van der Waals surface area contributed by atoms with Crippen LogP contribution in [0, 0.1) is 5.41 Å². The summed E-state index contributed by atoms with van der Waals surface area (Å²) in [7, 11) is 0. The summed E-state index contributed by atoms with van der Waals surface area (Å²) >= 11 is 0. The van der Waals surface area contributed by atoms with Gasteiger partial charge >= 0.3 is 0 Å². The fraction of sp³-hybridized carbons (Fsp3) is 0.571. The van der Waals surface area contributed by atoms with Crippen molar-refractivity contribution in [1.82, 2.24) is 0 Å². The Kier molecular flexibility index (Phi) is 2.43. The van der Waals surface area contributed by atoms with Gasteiger partial charge in [0.25, 0.3) is 0 Å². The predicted octanol–water partition coefficient (Wildman–Crippen LogP) is 1.07. The van der Waals surface area contributed by atoms with E-state index in [-0.39, 0.29) is 11.2 Å². The molecule has 2 N–H and O–H groups in total. The van der Waals surface area contributed by atoms with Gasteiger partial charge in [-0.1, -0.05) is 20.8 Å². The Morgan fingerprint density at radius 3 is 2.00 bits per heavy atom. The molecule has 2 heteroatoms. The van der Waals surface area contributed by atoms with Gasteiger partial charge in [-0.15, -0.1) is 0 Å². The van der Waals surface area contributed by atoms with Crippen molar-refractivity contribution in [3.63, 3.8) is 0 Å². The van der Waals surface area contributed by atoms with Crippen LogP contribution in [-0.2, 0) is 4.79 Å². The SMILES string of the molecule is CC(C)(C)C(=O)C=CN. The molecule has 0 aliphatic heterocycles. The second-order valence-electron chi connectivity index (χ2n) is 2.97. The molecule has 0 bridgehead atoms. The largest absolute Gasteiger partial charge is 0.404 e. The first-order valence-corrected chi connectivity index (χ1v) is 2.91. The Bertz CT molecular complexity index is 130. The molecule has 0 aromatic carbocycles. The van der Waals surface area contributed by atoms with Gasteiger partial charge in [-0.3, -0.25) is 4.79 Å². The molecule has 0 aliphatic rings. The molecule has 0 aromatic heterocycles. The van der Waals surface area contributed by atoms with Crippen LogP contribution in [0.1, 0.15) is 20.8 Å². The molecule has 0 saturated heterocycles. The minimum atomic E-state index is -0.296. The van der Waals surface area contributed by atoms with E-state index in [9.17, 15) is 4.79 Å². The molecule has 0 unspecified atom stereocenters. The first-order chi connectivity index (χ1) is 3.98. The summed E-state index contributed by atoms with van der Waals surface area (Å²) in [6.45, 7) is 5.57. The van der Waals surface area contributed by atoms with E-state index in [0.29, 0.717) is 0 Å². The summed E-state index contributed by atoms with van der Waals surface area (Å²) in [4.78, 5) is 10.9. The van der Waals surface area contributed by atoms with Gasteiger partial charge in [-0.05, 0) is 12.3 Å². The van der Waals surface area contributed by atoms with Gasteiger partial charge in [0.15, 0.2) is 5.78 Å². The molecule has 2 nitrogen and oxygen atoms in total. The lowest BCUT2D eigenvalue weighted by atomic mass is 9.91. The molecule has 0 aromatic rings. The second kappa shape index (κ2) is 2.67. The van der Waals surface area contributed by atoms with Gasteiger partial charge in [0, 0.05) is 5.41 Å². The van der Waals surface area contributed by atoms with Gasteiger partial charge in [0.1, 0.15) is 0 Å². The Hall–Kier alpha value is -0.790. The third kappa shape index (κ3) is 2.90. The Balaban J connectivity index is 4.06. The third-order valence-corrected chi connectivity index (χ3v) is 0.987. The van der Waals surface area contributed by atoms with Gasteiger partial charge in [-0.25, -0.2) is 0 Å². The highest BCUT2D eigenvalue weighted by Gasteiger charge is 2.17. The quantitative estimate of drug-likeness (QED) is 0.535. The number of hydrogen-bond donors (Lipinski definition) is 1. The Morgan fingerprint density at radius 2 is 1.89 bits per heavy atom. The van der Waals surface area contributed by atoms with Crippen molar-refractivity contribution in [3.8, 4) is 0 Å². The molecule has 9 heavy (non-hydrogen) atoms. The van der Waals surface area contributed by atoms with E-state index >= 15 is 0 Å². The zero-order chi connectivity index (χ0) is 7.49. The van der Waals surface area contributed by atoms with E-state index in [4.69, 9.17) is 5.73 Å². The minimum Gasteiger partial charge on any atom is -0.404 e. The molecule has 0 saturated carbocycles. The predicted molar refractivity (Wildman–Crippen MR) is 37.8 cm³/mol. The van der Waals surface area contributed by atoms with Crippen LogP contribution in [0.2, 0.25) is 0 Å². The maximum atomic E-state index is 10.9. The number of carbonyl (C=O) groups is 1. The molecule has 0 heterocycles. The Labute approximate surface area is 55.7 Å². The van der Waals surface area contributed by atoms with Crippen molar-refractivity contribution < 1.29 is 4.79 Å². The van der Waals surface area contributed by atoms with Crippen LogP contribution in [0.4, 0.5) is 0 Å². The molecular weight excluding hydrogens is 114 g/mol.